The molecule has 0 saturated heterocycles. The quantitative estimate of drug-likeness (QED) is 0.809. The number of hydrogen-bond acceptors (Lipinski definition) is 1. The molecule has 2 unspecified atom stereocenters. The van der Waals surface area contributed by atoms with Gasteiger partial charge in [-0.05, 0) is 49.3 Å². The van der Waals surface area contributed by atoms with Crippen molar-refractivity contribution in [2.75, 3.05) is 0 Å². The average Bonchev–Trinajstić information content (AvgIpc) is 2.63. The zero-order valence-corrected chi connectivity index (χ0v) is 8.82. The maximum Gasteiger partial charge on any atom is 0.123 e. The monoisotopic (exact) mass is 208 g/mol. The first kappa shape index (κ1) is 10.6. The summed E-state index contributed by atoms with van der Waals surface area (Å²) in [7, 11) is 0. The van der Waals surface area contributed by atoms with Gasteiger partial charge in [0.2, 0.25) is 0 Å². The van der Waals surface area contributed by atoms with Gasteiger partial charge in [-0.15, -0.1) is 0 Å². The van der Waals surface area contributed by atoms with Gasteiger partial charge in [-0.3, -0.25) is 0 Å². The van der Waals surface area contributed by atoms with E-state index in [0.29, 0.717) is 5.92 Å². The van der Waals surface area contributed by atoms with Crippen molar-refractivity contribution in [3.8, 4) is 0 Å². The van der Waals surface area contributed by atoms with Crippen molar-refractivity contribution in [3.63, 3.8) is 0 Å². The number of benzene rings is 1. The lowest BCUT2D eigenvalue weighted by molar-refractivity contribution is 0.128. The summed E-state index contributed by atoms with van der Waals surface area (Å²) in [4.78, 5) is 0. The second-order valence-corrected chi connectivity index (χ2v) is 4.42. The Morgan fingerprint density at radius 2 is 1.93 bits per heavy atom. The van der Waals surface area contributed by atoms with Crippen LogP contribution < -0.4 is 0 Å². The van der Waals surface area contributed by atoms with E-state index >= 15 is 0 Å². The van der Waals surface area contributed by atoms with E-state index in [4.69, 9.17) is 0 Å². The molecule has 1 aromatic rings. The van der Waals surface area contributed by atoms with Gasteiger partial charge in [-0.1, -0.05) is 18.6 Å². The predicted molar refractivity (Wildman–Crippen MR) is 58.1 cm³/mol. The first-order chi connectivity index (χ1) is 7.25. The Morgan fingerprint density at radius 1 is 1.20 bits per heavy atom. The summed E-state index contributed by atoms with van der Waals surface area (Å²) < 4.78 is 12.6. The molecule has 1 aliphatic rings. The summed E-state index contributed by atoms with van der Waals surface area (Å²) in [5, 5.41) is 9.65. The van der Waals surface area contributed by atoms with E-state index in [-0.39, 0.29) is 11.9 Å². The lowest BCUT2D eigenvalue weighted by atomic mass is 9.96. The molecule has 1 saturated carbocycles. The van der Waals surface area contributed by atoms with E-state index in [9.17, 15) is 9.50 Å². The van der Waals surface area contributed by atoms with Gasteiger partial charge < -0.3 is 5.11 Å². The molecule has 1 aliphatic carbocycles. The van der Waals surface area contributed by atoms with Crippen LogP contribution in [0.25, 0.3) is 0 Å². The standard InChI is InChI=1S/C13H17FO/c14-12-8-5-10(6-9-12)4-7-11-2-1-3-13(11)15/h5-6,8-9,11,13,15H,1-4,7H2. The topological polar surface area (TPSA) is 20.2 Å². The third kappa shape index (κ3) is 2.78. The highest BCUT2D eigenvalue weighted by Gasteiger charge is 2.24. The van der Waals surface area contributed by atoms with Crippen LogP contribution >= 0.6 is 0 Å². The van der Waals surface area contributed by atoms with Crippen molar-refractivity contribution >= 4 is 0 Å². The molecule has 0 aliphatic heterocycles. The number of aliphatic hydroxyl groups is 1. The number of hydrogen-bond donors (Lipinski definition) is 1. The molecule has 2 heteroatoms. The highest BCUT2D eigenvalue weighted by atomic mass is 19.1. The predicted octanol–water partition coefficient (Wildman–Crippen LogP) is 2.92. The van der Waals surface area contributed by atoms with Gasteiger partial charge in [0.1, 0.15) is 5.82 Å². The Kier molecular flexibility index (Phi) is 3.37. The summed E-state index contributed by atoms with van der Waals surface area (Å²) in [6.07, 6.45) is 5.10. The number of halogens is 1. The smallest absolute Gasteiger partial charge is 0.123 e. The molecule has 0 bridgehead atoms. The van der Waals surface area contributed by atoms with Crippen molar-refractivity contribution in [3.05, 3.63) is 35.6 Å². The van der Waals surface area contributed by atoms with Crippen molar-refractivity contribution in [2.24, 2.45) is 5.92 Å². The molecule has 82 valence electrons. The Bertz CT molecular complexity index is 307. The summed E-state index contributed by atoms with van der Waals surface area (Å²) >= 11 is 0. The molecule has 0 spiro atoms. The highest BCUT2D eigenvalue weighted by molar-refractivity contribution is 5.16. The van der Waals surface area contributed by atoms with Crippen LogP contribution in [0.2, 0.25) is 0 Å². The summed E-state index contributed by atoms with van der Waals surface area (Å²) in [6, 6.07) is 6.66. The molecule has 0 heterocycles. The molecule has 2 rings (SSSR count). The molecular formula is C13H17FO. The molecule has 0 amide bonds. The van der Waals surface area contributed by atoms with E-state index in [0.717, 1.165) is 37.7 Å². The second kappa shape index (κ2) is 4.75. The fraction of sp³-hybridized carbons (Fsp3) is 0.538. The van der Waals surface area contributed by atoms with Gasteiger partial charge >= 0.3 is 0 Å². The summed E-state index contributed by atoms with van der Waals surface area (Å²) in [5.74, 6) is 0.273. The minimum absolute atomic E-state index is 0.106. The maximum atomic E-state index is 12.6. The van der Waals surface area contributed by atoms with Crippen molar-refractivity contribution in [1.29, 1.82) is 0 Å². The van der Waals surface area contributed by atoms with Gasteiger partial charge in [-0.25, -0.2) is 4.39 Å². The first-order valence-electron chi connectivity index (χ1n) is 5.68. The SMILES string of the molecule is OC1CCCC1CCc1ccc(F)cc1. The van der Waals surface area contributed by atoms with Crippen LogP contribution in [0.5, 0.6) is 0 Å². The molecular weight excluding hydrogens is 191 g/mol. The zero-order valence-electron chi connectivity index (χ0n) is 8.82. The average molecular weight is 208 g/mol. The van der Waals surface area contributed by atoms with E-state index in [2.05, 4.69) is 0 Å². The molecule has 15 heavy (non-hydrogen) atoms. The van der Waals surface area contributed by atoms with Crippen LogP contribution in [-0.2, 0) is 6.42 Å². The molecule has 1 nitrogen and oxygen atoms in total. The fourth-order valence-corrected chi connectivity index (χ4v) is 2.36. The van der Waals surface area contributed by atoms with E-state index in [1.165, 1.54) is 12.1 Å². The third-order valence-corrected chi connectivity index (χ3v) is 3.34. The van der Waals surface area contributed by atoms with Gasteiger partial charge in [0.25, 0.3) is 0 Å². The third-order valence-electron chi connectivity index (χ3n) is 3.34. The summed E-state index contributed by atoms with van der Waals surface area (Å²) in [5.41, 5.74) is 1.16. The largest absolute Gasteiger partial charge is 0.393 e. The van der Waals surface area contributed by atoms with Crippen LogP contribution in [0, 0.1) is 11.7 Å². The van der Waals surface area contributed by atoms with Crippen LogP contribution in [0.15, 0.2) is 24.3 Å². The number of aliphatic hydroxyl groups excluding tert-OH is 1. The van der Waals surface area contributed by atoms with Gasteiger partial charge in [0.15, 0.2) is 0 Å². The Balaban J connectivity index is 1.85. The number of aryl methyl sites for hydroxylation is 1. The number of rotatable bonds is 3. The van der Waals surface area contributed by atoms with Gasteiger partial charge in [-0.2, -0.15) is 0 Å². The van der Waals surface area contributed by atoms with Crippen molar-refractivity contribution in [2.45, 2.75) is 38.2 Å². The van der Waals surface area contributed by atoms with Crippen LogP contribution in [0.4, 0.5) is 4.39 Å². The highest BCUT2D eigenvalue weighted by Crippen LogP contribution is 2.29. The van der Waals surface area contributed by atoms with E-state index in [1.807, 2.05) is 12.1 Å². The Morgan fingerprint density at radius 3 is 2.53 bits per heavy atom. The second-order valence-electron chi connectivity index (χ2n) is 4.42. The maximum absolute atomic E-state index is 12.6. The van der Waals surface area contributed by atoms with Crippen molar-refractivity contribution < 1.29 is 9.50 Å². The van der Waals surface area contributed by atoms with Crippen molar-refractivity contribution in [1.82, 2.24) is 0 Å². The van der Waals surface area contributed by atoms with Crippen LogP contribution in [-0.4, -0.2) is 11.2 Å². The molecule has 0 aromatic heterocycles. The van der Waals surface area contributed by atoms with E-state index < -0.39 is 0 Å². The molecule has 1 N–H and O–H groups in total. The Hall–Kier alpha value is -0.890. The fourth-order valence-electron chi connectivity index (χ4n) is 2.36. The first-order valence-corrected chi connectivity index (χ1v) is 5.68. The molecule has 0 radical (unpaired) electrons. The Labute approximate surface area is 89.9 Å². The van der Waals surface area contributed by atoms with Crippen LogP contribution in [0.1, 0.15) is 31.2 Å². The zero-order chi connectivity index (χ0) is 10.7. The summed E-state index contributed by atoms with van der Waals surface area (Å²) in [6.45, 7) is 0. The molecule has 1 aromatic carbocycles. The molecule has 1 fully saturated rings. The minimum Gasteiger partial charge on any atom is -0.393 e. The van der Waals surface area contributed by atoms with E-state index in [1.54, 1.807) is 0 Å². The van der Waals surface area contributed by atoms with Crippen LogP contribution in [0.3, 0.4) is 0 Å². The lowest BCUT2D eigenvalue weighted by Crippen LogP contribution is -2.13. The molecule has 2 atom stereocenters. The minimum atomic E-state index is -0.181. The van der Waals surface area contributed by atoms with Gasteiger partial charge in [0.05, 0.1) is 6.10 Å². The normalized spacial score (nSPS) is 25.7. The van der Waals surface area contributed by atoms with Gasteiger partial charge in [0, 0.05) is 0 Å². The lowest BCUT2D eigenvalue weighted by Gasteiger charge is -2.13.